The van der Waals surface area contributed by atoms with Crippen LogP contribution in [0.3, 0.4) is 0 Å². The lowest BCUT2D eigenvalue weighted by Gasteiger charge is -2.26. The van der Waals surface area contributed by atoms with Gasteiger partial charge in [-0.25, -0.2) is 0 Å². The van der Waals surface area contributed by atoms with E-state index in [4.69, 9.17) is 4.74 Å². The molecule has 0 aromatic heterocycles. The minimum absolute atomic E-state index is 0.101. The van der Waals surface area contributed by atoms with Crippen LogP contribution in [0.2, 0.25) is 0 Å². The van der Waals surface area contributed by atoms with E-state index in [9.17, 15) is 4.79 Å². The zero-order chi connectivity index (χ0) is 15.2. The Kier molecular flexibility index (Phi) is 5.62. The lowest BCUT2D eigenvalue weighted by Crippen LogP contribution is -2.41. The first kappa shape index (κ1) is 15.8. The van der Waals surface area contributed by atoms with Crippen LogP contribution in [0.4, 0.5) is 0 Å². The quantitative estimate of drug-likeness (QED) is 0.875. The second-order valence-electron chi connectivity index (χ2n) is 5.73. The van der Waals surface area contributed by atoms with Gasteiger partial charge in [-0.15, -0.1) is 0 Å². The predicted molar refractivity (Wildman–Crippen MR) is 85.0 cm³/mol. The van der Waals surface area contributed by atoms with Crippen molar-refractivity contribution in [3.05, 3.63) is 29.3 Å². The van der Waals surface area contributed by atoms with Crippen molar-refractivity contribution in [3.8, 4) is 5.75 Å². The minimum atomic E-state index is 0.101. The second kappa shape index (κ2) is 7.46. The van der Waals surface area contributed by atoms with Gasteiger partial charge in [-0.1, -0.05) is 13.0 Å². The summed E-state index contributed by atoms with van der Waals surface area (Å²) in [5, 5.41) is 3.46. The molecular formula is C17H26N2O2. The number of nitrogens with one attached hydrogen (secondary N) is 1. The van der Waals surface area contributed by atoms with E-state index in [1.165, 1.54) is 6.42 Å². The average molecular weight is 290 g/mol. The van der Waals surface area contributed by atoms with E-state index in [1.807, 2.05) is 30.0 Å². The fraction of sp³-hybridized carbons (Fsp3) is 0.588. The summed E-state index contributed by atoms with van der Waals surface area (Å²) in [6.45, 7) is 6.75. The van der Waals surface area contributed by atoms with Gasteiger partial charge >= 0.3 is 0 Å². The highest BCUT2D eigenvalue weighted by molar-refractivity contribution is 5.94. The van der Waals surface area contributed by atoms with Gasteiger partial charge in [0, 0.05) is 24.7 Å². The number of ether oxygens (including phenoxy) is 1. The Hall–Kier alpha value is -1.55. The highest BCUT2D eigenvalue weighted by atomic mass is 16.5. The number of hydrogen-bond donors (Lipinski definition) is 1. The maximum absolute atomic E-state index is 12.7. The first-order valence-corrected chi connectivity index (χ1v) is 7.83. The molecule has 1 amide bonds. The maximum atomic E-state index is 12.7. The smallest absolute Gasteiger partial charge is 0.254 e. The molecule has 1 aliphatic rings. The molecule has 4 heteroatoms. The fourth-order valence-electron chi connectivity index (χ4n) is 2.86. The zero-order valence-corrected chi connectivity index (χ0v) is 13.3. The Labute approximate surface area is 127 Å². The molecule has 1 N–H and O–H groups in total. The van der Waals surface area contributed by atoms with Crippen LogP contribution < -0.4 is 10.1 Å². The van der Waals surface area contributed by atoms with Crippen molar-refractivity contribution in [1.29, 1.82) is 0 Å². The Morgan fingerprint density at radius 2 is 2.29 bits per heavy atom. The van der Waals surface area contributed by atoms with Gasteiger partial charge in [0.25, 0.3) is 5.91 Å². The minimum Gasteiger partial charge on any atom is -0.496 e. The van der Waals surface area contributed by atoms with Crippen LogP contribution in [0.25, 0.3) is 0 Å². The molecule has 1 aromatic rings. The Morgan fingerprint density at radius 3 is 2.90 bits per heavy atom. The molecule has 1 aliphatic heterocycles. The van der Waals surface area contributed by atoms with E-state index in [0.717, 1.165) is 43.8 Å². The summed E-state index contributed by atoms with van der Waals surface area (Å²) in [4.78, 5) is 14.7. The van der Waals surface area contributed by atoms with Gasteiger partial charge in [0.1, 0.15) is 5.75 Å². The van der Waals surface area contributed by atoms with Gasteiger partial charge in [0.2, 0.25) is 0 Å². The summed E-state index contributed by atoms with van der Waals surface area (Å²) in [5.74, 6) is 0.875. The lowest BCUT2D eigenvalue weighted by molar-refractivity contribution is 0.0741. The van der Waals surface area contributed by atoms with E-state index in [-0.39, 0.29) is 5.91 Å². The van der Waals surface area contributed by atoms with Gasteiger partial charge in [-0.05, 0) is 50.4 Å². The predicted octanol–water partition coefficient (Wildman–Crippen LogP) is 2.61. The number of aryl methyl sites for hydroxylation is 1. The molecule has 1 saturated heterocycles. The first-order valence-electron chi connectivity index (χ1n) is 7.83. The normalized spacial score (nSPS) is 17.8. The number of rotatable bonds is 6. The molecule has 0 aliphatic carbocycles. The van der Waals surface area contributed by atoms with Gasteiger partial charge in [0.15, 0.2) is 0 Å². The third kappa shape index (κ3) is 3.97. The number of carbonyl (C=O) groups is 1. The van der Waals surface area contributed by atoms with Crippen LogP contribution in [0.15, 0.2) is 18.2 Å². The third-order valence-corrected chi connectivity index (χ3v) is 4.04. The molecule has 1 fully saturated rings. The van der Waals surface area contributed by atoms with Crippen molar-refractivity contribution >= 4 is 5.91 Å². The van der Waals surface area contributed by atoms with E-state index in [2.05, 4.69) is 12.2 Å². The van der Waals surface area contributed by atoms with Crippen molar-refractivity contribution in [2.75, 3.05) is 26.7 Å². The summed E-state index contributed by atoms with van der Waals surface area (Å²) >= 11 is 0. The molecule has 4 nitrogen and oxygen atoms in total. The third-order valence-electron chi connectivity index (χ3n) is 4.04. The first-order chi connectivity index (χ1) is 10.2. The number of amides is 1. The van der Waals surface area contributed by atoms with Crippen molar-refractivity contribution in [2.45, 2.75) is 39.2 Å². The molecular weight excluding hydrogens is 264 g/mol. The number of hydrogen-bond acceptors (Lipinski definition) is 3. The lowest BCUT2D eigenvalue weighted by atomic mass is 10.1. The molecule has 1 atom stereocenters. The molecule has 2 rings (SSSR count). The van der Waals surface area contributed by atoms with Crippen molar-refractivity contribution in [2.24, 2.45) is 0 Å². The Morgan fingerprint density at radius 1 is 1.48 bits per heavy atom. The Bertz CT molecular complexity index is 482. The van der Waals surface area contributed by atoms with E-state index >= 15 is 0 Å². The van der Waals surface area contributed by atoms with Crippen LogP contribution in [0.5, 0.6) is 5.75 Å². The molecule has 0 radical (unpaired) electrons. The molecule has 1 aromatic carbocycles. The molecule has 1 heterocycles. The number of methoxy groups -OCH3 is 1. The molecule has 0 saturated carbocycles. The molecule has 0 spiro atoms. The van der Waals surface area contributed by atoms with Gasteiger partial charge in [0.05, 0.1) is 7.11 Å². The average Bonchev–Trinajstić information content (AvgIpc) is 2.99. The van der Waals surface area contributed by atoms with Crippen molar-refractivity contribution in [3.63, 3.8) is 0 Å². The largest absolute Gasteiger partial charge is 0.496 e. The monoisotopic (exact) mass is 290 g/mol. The summed E-state index contributed by atoms with van der Waals surface area (Å²) < 4.78 is 5.33. The Balaban J connectivity index is 2.12. The maximum Gasteiger partial charge on any atom is 0.254 e. The number of carbonyl (C=O) groups excluding carboxylic acids is 1. The number of benzene rings is 1. The SMILES string of the molecule is CCCN(CC1CCCN1)C(=O)c1ccc(C)c(OC)c1. The fourth-order valence-corrected chi connectivity index (χ4v) is 2.86. The summed E-state index contributed by atoms with van der Waals surface area (Å²) in [6, 6.07) is 6.13. The zero-order valence-electron chi connectivity index (χ0n) is 13.3. The van der Waals surface area contributed by atoms with Gasteiger partial charge in [-0.2, -0.15) is 0 Å². The standard InChI is InChI=1S/C17H26N2O2/c1-4-10-19(12-15-6-5-9-18-15)17(20)14-8-7-13(2)16(11-14)21-3/h7-8,11,15,18H,4-6,9-10,12H2,1-3H3. The summed E-state index contributed by atoms with van der Waals surface area (Å²) in [6.07, 6.45) is 3.34. The van der Waals surface area contributed by atoms with Crippen LogP contribution in [0.1, 0.15) is 42.1 Å². The van der Waals surface area contributed by atoms with E-state index in [0.29, 0.717) is 11.6 Å². The van der Waals surface area contributed by atoms with Crippen LogP contribution in [0, 0.1) is 6.92 Å². The van der Waals surface area contributed by atoms with Gasteiger partial charge < -0.3 is 15.0 Å². The second-order valence-corrected chi connectivity index (χ2v) is 5.73. The van der Waals surface area contributed by atoms with Crippen molar-refractivity contribution in [1.82, 2.24) is 10.2 Å². The molecule has 0 bridgehead atoms. The molecule has 21 heavy (non-hydrogen) atoms. The van der Waals surface area contributed by atoms with Crippen molar-refractivity contribution < 1.29 is 9.53 Å². The topological polar surface area (TPSA) is 41.6 Å². The molecule has 1 unspecified atom stereocenters. The van der Waals surface area contributed by atoms with E-state index < -0.39 is 0 Å². The van der Waals surface area contributed by atoms with Crippen LogP contribution in [-0.2, 0) is 0 Å². The van der Waals surface area contributed by atoms with Crippen LogP contribution in [-0.4, -0.2) is 43.6 Å². The highest BCUT2D eigenvalue weighted by Crippen LogP contribution is 2.20. The van der Waals surface area contributed by atoms with Crippen LogP contribution >= 0.6 is 0 Å². The summed E-state index contributed by atoms with van der Waals surface area (Å²) in [7, 11) is 1.64. The highest BCUT2D eigenvalue weighted by Gasteiger charge is 2.22. The van der Waals surface area contributed by atoms with E-state index in [1.54, 1.807) is 7.11 Å². The number of nitrogens with zero attached hydrogens (tertiary/aromatic N) is 1. The van der Waals surface area contributed by atoms with Gasteiger partial charge in [-0.3, -0.25) is 4.79 Å². The summed E-state index contributed by atoms with van der Waals surface area (Å²) in [5.41, 5.74) is 1.76. The molecule has 116 valence electrons.